The molecule has 4 aromatic rings. The highest BCUT2D eigenvalue weighted by Gasteiger charge is 2.24. The minimum Gasteiger partial charge on any atom is -0.489 e. The summed E-state index contributed by atoms with van der Waals surface area (Å²) in [5.74, 6) is 1.33. The fourth-order valence-electron chi connectivity index (χ4n) is 5.10. The number of likely N-dealkylation sites (N-methyl/N-ethyl adjacent to an activating group) is 1. The first-order valence-corrected chi connectivity index (χ1v) is 12.3. The molecule has 5 rings (SSSR count). The van der Waals surface area contributed by atoms with E-state index >= 15 is 0 Å². The van der Waals surface area contributed by atoms with E-state index in [4.69, 9.17) is 4.74 Å². The smallest absolute Gasteiger partial charge is 0.236 e. The van der Waals surface area contributed by atoms with E-state index in [1.54, 1.807) is 25.3 Å². The van der Waals surface area contributed by atoms with E-state index < -0.39 is 0 Å². The third-order valence-corrected chi connectivity index (χ3v) is 6.86. The number of likely N-dealkylation sites (tertiary alicyclic amines) is 1. The Labute approximate surface area is 205 Å². The number of nitrogens with one attached hydrogen (secondary N) is 1. The molecule has 1 aliphatic rings. The maximum absolute atomic E-state index is 12.2. The van der Waals surface area contributed by atoms with Gasteiger partial charge in [0.1, 0.15) is 18.2 Å². The van der Waals surface area contributed by atoms with Crippen LogP contribution in [0.3, 0.4) is 0 Å². The lowest BCUT2D eigenvalue weighted by Crippen LogP contribution is -2.45. The van der Waals surface area contributed by atoms with Gasteiger partial charge in [0.2, 0.25) is 5.91 Å². The molecule has 0 aliphatic carbocycles. The Hall–Kier alpha value is -3.39. The molecule has 0 bridgehead atoms. The van der Waals surface area contributed by atoms with Gasteiger partial charge in [0, 0.05) is 43.3 Å². The number of benzene rings is 1. The number of amides is 1. The summed E-state index contributed by atoms with van der Waals surface area (Å²) >= 11 is 0. The molecule has 8 heteroatoms. The van der Waals surface area contributed by atoms with Gasteiger partial charge in [-0.3, -0.25) is 9.69 Å². The summed E-state index contributed by atoms with van der Waals surface area (Å²) in [6.07, 6.45) is 5.73. The molecule has 8 nitrogen and oxygen atoms in total. The molecule has 184 valence electrons. The van der Waals surface area contributed by atoms with Gasteiger partial charge >= 0.3 is 0 Å². The van der Waals surface area contributed by atoms with Crippen molar-refractivity contribution in [2.24, 2.45) is 0 Å². The Kier molecular flexibility index (Phi) is 6.23. The van der Waals surface area contributed by atoms with Crippen LogP contribution in [0.4, 0.5) is 0 Å². The largest absolute Gasteiger partial charge is 0.489 e. The van der Waals surface area contributed by atoms with Crippen LogP contribution in [0.2, 0.25) is 0 Å². The second-order valence-electron chi connectivity index (χ2n) is 10.1. The van der Waals surface area contributed by atoms with Crippen molar-refractivity contribution in [2.75, 3.05) is 33.7 Å². The predicted octanol–water partition coefficient (Wildman–Crippen LogP) is 4.24. The molecule has 1 atom stereocenters. The van der Waals surface area contributed by atoms with E-state index in [9.17, 15) is 4.79 Å². The zero-order valence-electron chi connectivity index (χ0n) is 21.2. The van der Waals surface area contributed by atoms with Crippen LogP contribution in [0.1, 0.15) is 43.7 Å². The molecule has 0 radical (unpaired) electrons. The first-order chi connectivity index (χ1) is 16.8. The molecular formula is C27H34N6O2. The normalized spacial score (nSPS) is 16.9. The van der Waals surface area contributed by atoms with E-state index in [0.29, 0.717) is 12.5 Å². The number of aromatic amines is 1. The second kappa shape index (κ2) is 9.34. The van der Waals surface area contributed by atoms with Crippen molar-refractivity contribution in [1.29, 1.82) is 0 Å². The SMILES string of the molecule is Cc1cc(-c2[nH]c3ccc(O[C@H]4CCCN(CC(=O)N(C)C)C4)cc3c2C(C)C)cn2ncnc12. The number of piperidine rings is 1. The van der Waals surface area contributed by atoms with Crippen LogP contribution in [0.25, 0.3) is 27.8 Å². The van der Waals surface area contributed by atoms with Crippen LogP contribution < -0.4 is 4.74 Å². The van der Waals surface area contributed by atoms with Gasteiger partial charge in [-0.15, -0.1) is 0 Å². The van der Waals surface area contributed by atoms with Crippen molar-refractivity contribution in [3.63, 3.8) is 0 Å². The summed E-state index contributed by atoms with van der Waals surface area (Å²) in [4.78, 5) is 24.0. The number of fused-ring (bicyclic) bond motifs is 2. The number of carbonyl (C=O) groups is 1. The van der Waals surface area contributed by atoms with Crippen molar-refractivity contribution in [1.82, 2.24) is 29.4 Å². The molecule has 0 saturated carbocycles. The number of aryl methyl sites for hydroxylation is 1. The quantitative estimate of drug-likeness (QED) is 0.452. The Morgan fingerprint density at radius 3 is 2.89 bits per heavy atom. The van der Waals surface area contributed by atoms with Gasteiger partial charge in [0.25, 0.3) is 0 Å². The molecular weight excluding hydrogens is 440 g/mol. The molecule has 1 aromatic carbocycles. The number of carbonyl (C=O) groups excluding carboxylic acids is 1. The van der Waals surface area contributed by atoms with Crippen LogP contribution in [-0.2, 0) is 4.79 Å². The molecule has 3 aromatic heterocycles. The molecule has 0 unspecified atom stereocenters. The summed E-state index contributed by atoms with van der Waals surface area (Å²) in [7, 11) is 3.61. The van der Waals surface area contributed by atoms with Gasteiger partial charge in [0.15, 0.2) is 5.65 Å². The standard InChI is InChI=1S/C27H34N6O2/c1-17(2)25-22-12-20(35-21-7-6-10-32(14-21)15-24(34)31(4)5)8-9-23(22)30-26(25)19-11-18(3)27-28-16-29-33(27)13-19/h8-9,11-13,16-17,21,30H,6-7,10,14-15H2,1-5H3/t21-/m0/s1. The average molecular weight is 475 g/mol. The first-order valence-electron chi connectivity index (χ1n) is 12.3. The number of nitrogens with zero attached hydrogens (tertiary/aromatic N) is 5. The molecule has 1 amide bonds. The van der Waals surface area contributed by atoms with Crippen LogP contribution in [-0.4, -0.2) is 75.1 Å². The van der Waals surface area contributed by atoms with Gasteiger partial charge < -0.3 is 14.6 Å². The summed E-state index contributed by atoms with van der Waals surface area (Å²) in [6, 6.07) is 8.48. The number of hydrogen-bond donors (Lipinski definition) is 1. The highest BCUT2D eigenvalue weighted by molar-refractivity contribution is 5.92. The Morgan fingerprint density at radius 2 is 2.11 bits per heavy atom. The lowest BCUT2D eigenvalue weighted by molar-refractivity contribution is -0.130. The fourth-order valence-corrected chi connectivity index (χ4v) is 5.10. The Morgan fingerprint density at radius 1 is 1.29 bits per heavy atom. The van der Waals surface area contributed by atoms with Crippen molar-refractivity contribution in [3.8, 4) is 17.0 Å². The van der Waals surface area contributed by atoms with Gasteiger partial charge in [-0.2, -0.15) is 5.10 Å². The van der Waals surface area contributed by atoms with Crippen molar-refractivity contribution >= 4 is 22.5 Å². The van der Waals surface area contributed by atoms with Gasteiger partial charge in [-0.1, -0.05) is 13.8 Å². The van der Waals surface area contributed by atoms with Crippen molar-refractivity contribution < 1.29 is 9.53 Å². The van der Waals surface area contributed by atoms with Crippen LogP contribution in [0.15, 0.2) is 36.8 Å². The van der Waals surface area contributed by atoms with Crippen LogP contribution >= 0.6 is 0 Å². The van der Waals surface area contributed by atoms with Gasteiger partial charge in [-0.25, -0.2) is 9.50 Å². The number of H-pyrrole nitrogens is 1. The molecule has 0 spiro atoms. The van der Waals surface area contributed by atoms with E-state index in [2.05, 4.69) is 58.9 Å². The predicted molar refractivity (Wildman–Crippen MR) is 138 cm³/mol. The number of hydrogen-bond acceptors (Lipinski definition) is 5. The van der Waals surface area contributed by atoms with E-state index in [1.807, 2.05) is 16.8 Å². The van der Waals surface area contributed by atoms with E-state index in [0.717, 1.165) is 59.7 Å². The molecule has 1 aliphatic heterocycles. The lowest BCUT2D eigenvalue weighted by Gasteiger charge is -2.33. The van der Waals surface area contributed by atoms with Crippen LogP contribution in [0.5, 0.6) is 5.75 Å². The fraction of sp³-hybridized carbons (Fsp3) is 0.444. The number of pyridine rings is 1. The topological polar surface area (TPSA) is 78.8 Å². The molecule has 4 heterocycles. The minimum atomic E-state index is 0.0782. The summed E-state index contributed by atoms with van der Waals surface area (Å²) in [6.45, 7) is 8.66. The summed E-state index contributed by atoms with van der Waals surface area (Å²) in [5.41, 5.74) is 6.53. The van der Waals surface area contributed by atoms with E-state index in [1.165, 1.54) is 10.9 Å². The summed E-state index contributed by atoms with van der Waals surface area (Å²) in [5, 5.41) is 5.53. The van der Waals surface area contributed by atoms with Crippen LogP contribution in [0, 0.1) is 6.92 Å². The van der Waals surface area contributed by atoms with E-state index in [-0.39, 0.29) is 12.0 Å². The third kappa shape index (κ3) is 4.62. The third-order valence-electron chi connectivity index (χ3n) is 6.86. The minimum absolute atomic E-state index is 0.0782. The molecule has 35 heavy (non-hydrogen) atoms. The Balaban J connectivity index is 1.44. The molecule has 1 fully saturated rings. The van der Waals surface area contributed by atoms with Crippen molar-refractivity contribution in [3.05, 3.63) is 47.9 Å². The summed E-state index contributed by atoms with van der Waals surface area (Å²) < 4.78 is 8.29. The Bertz CT molecular complexity index is 1370. The first kappa shape index (κ1) is 23.4. The highest BCUT2D eigenvalue weighted by atomic mass is 16.5. The zero-order chi connectivity index (χ0) is 24.7. The average Bonchev–Trinajstić information content (AvgIpc) is 3.44. The monoisotopic (exact) mass is 474 g/mol. The maximum atomic E-state index is 12.2. The maximum Gasteiger partial charge on any atom is 0.236 e. The van der Waals surface area contributed by atoms with Crippen molar-refractivity contribution in [2.45, 2.75) is 45.6 Å². The second-order valence-corrected chi connectivity index (χ2v) is 10.1. The lowest BCUT2D eigenvalue weighted by atomic mass is 9.96. The number of rotatable bonds is 6. The number of ether oxygens (including phenoxy) is 1. The van der Waals surface area contributed by atoms with Gasteiger partial charge in [-0.05, 0) is 67.6 Å². The van der Waals surface area contributed by atoms with Gasteiger partial charge in [0.05, 0.1) is 12.2 Å². The molecule has 1 saturated heterocycles. The highest BCUT2D eigenvalue weighted by Crippen LogP contribution is 2.37. The zero-order valence-corrected chi connectivity index (χ0v) is 21.2. The molecule has 1 N–H and O–H groups in total. The number of aromatic nitrogens is 4.